The Morgan fingerprint density at radius 1 is 1.08 bits per heavy atom. The molecule has 1 heterocycles. The van der Waals surface area contributed by atoms with E-state index in [9.17, 15) is 26.4 Å². The molecule has 0 radical (unpaired) electrons. The van der Waals surface area contributed by atoms with E-state index in [1.54, 1.807) is 11.6 Å². The van der Waals surface area contributed by atoms with E-state index in [-0.39, 0.29) is 10.5 Å². The normalized spacial score (nSPS) is 19.4. The Balaban J connectivity index is 1.45. The molecule has 6 nitrogen and oxygen atoms in total. The maximum absolute atomic E-state index is 13.9. The number of nitrogens with one attached hydrogen (secondary N) is 2. The van der Waals surface area contributed by atoms with Crippen LogP contribution in [0.1, 0.15) is 72.4 Å². The van der Waals surface area contributed by atoms with Crippen molar-refractivity contribution in [2.24, 2.45) is 0 Å². The van der Waals surface area contributed by atoms with Crippen molar-refractivity contribution >= 4 is 27.5 Å². The highest BCUT2D eigenvalue weighted by Gasteiger charge is 2.44. The molecule has 0 saturated carbocycles. The van der Waals surface area contributed by atoms with Crippen LogP contribution in [0, 0.1) is 13.8 Å². The summed E-state index contributed by atoms with van der Waals surface area (Å²) < 4.78 is 69.2. The lowest BCUT2D eigenvalue weighted by Gasteiger charge is -2.30. The van der Waals surface area contributed by atoms with Gasteiger partial charge in [-0.1, -0.05) is 36.2 Å². The Morgan fingerprint density at radius 3 is 2.49 bits per heavy atom. The first-order valence-electron chi connectivity index (χ1n) is 13.3. The largest absolute Gasteiger partial charge is 0.405 e. The predicted molar refractivity (Wildman–Crippen MR) is 145 cm³/mol. The number of piperidine rings is 1. The zero-order valence-electron chi connectivity index (χ0n) is 22.2. The minimum atomic E-state index is -4.96. The molecule has 0 aromatic heterocycles. The van der Waals surface area contributed by atoms with Crippen molar-refractivity contribution in [1.29, 1.82) is 0 Å². The maximum atomic E-state index is 13.9. The van der Waals surface area contributed by atoms with Gasteiger partial charge in [-0.15, -0.1) is 0 Å². The number of hydrogen-bond acceptors (Lipinski definition) is 4. The molecule has 1 aliphatic heterocycles. The van der Waals surface area contributed by atoms with Crippen molar-refractivity contribution in [3.05, 3.63) is 63.2 Å². The molecule has 2 atom stereocenters. The van der Waals surface area contributed by atoms with Crippen molar-refractivity contribution in [2.45, 2.75) is 88.5 Å². The minimum absolute atomic E-state index is 0.210. The van der Waals surface area contributed by atoms with Crippen molar-refractivity contribution in [1.82, 2.24) is 14.9 Å². The Hall–Kier alpha value is -2.14. The van der Waals surface area contributed by atoms with E-state index in [0.717, 1.165) is 43.6 Å². The van der Waals surface area contributed by atoms with Crippen molar-refractivity contribution in [3.8, 4) is 0 Å². The van der Waals surface area contributed by atoms with Gasteiger partial charge in [0.25, 0.3) is 0 Å². The highest BCUT2D eigenvalue weighted by Crippen LogP contribution is 2.32. The molecule has 214 valence electrons. The smallest absolute Gasteiger partial charge is 0.349 e. The second-order valence-electron chi connectivity index (χ2n) is 10.7. The van der Waals surface area contributed by atoms with Gasteiger partial charge in [0.15, 0.2) is 0 Å². The Labute approximate surface area is 233 Å². The molecule has 2 aromatic rings. The lowest BCUT2D eigenvalue weighted by Crippen LogP contribution is -2.48. The number of sulfonamides is 1. The Morgan fingerprint density at radius 2 is 1.79 bits per heavy atom. The number of benzene rings is 2. The van der Waals surface area contributed by atoms with Crippen LogP contribution in [0.2, 0.25) is 5.02 Å². The van der Waals surface area contributed by atoms with Gasteiger partial charge in [-0.3, -0.25) is 9.69 Å². The number of fused-ring (bicyclic) bond motifs is 1. The van der Waals surface area contributed by atoms with Gasteiger partial charge in [0.2, 0.25) is 15.9 Å². The van der Waals surface area contributed by atoms with Crippen LogP contribution in [0.25, 0.3) is 0 Å². The van der Waals surface area contributed by atoms with Gasteiger partial charge in [0.05, 0.1) is 17.4 Å². The number of halogens is 4. The summed E-state index contributed by atoms with van der Waals surface area (Å²) in [6.07, 6.45) is -0.105. The first-order chi connectivity index (χ1) is 18.3. The summed E-state index contributed by atoms with van der Waals surface area (Å²) in [5.74, 6) is -0.862. The van der Waals surface area contributed by atoms with E-state index in [4.69, 9.17) is 11.6 Å². The van der Waals surface area contributed by atoms with Gasteiger partial charge in [-0.25, -0.2) is 8.42 Å². The van der Waals surface area contributed by atoms with Gasteiger partial charge >= 0.3 is 6.18 Å². The first-order valence-corrected chi connectivity index (χ1v) is 15.2. The fraction of sp³-hybridized carbons (Fsp3) is 0.536. The van der Waals surface area contributed by atoms with Gasteiger partial charge < -0.3 is 5.32 Å². The zero-order valence-corrected chi connectivity index (χ0v) is 23.8. The molecular weight excluding hydrogens is 551 g/mol. The summed E-state index contributed by atoms with van der Waals surface area (Å²) in [4.78, 5) is 14.9. The van der Waals surface area contributed by atoms with Gasteiger partial charge in [0.1, 0.15) is 6.04 Å². The molecule has 2 aromatic carbocycles. The highest BCUT2D eigenvalue weighted by molar-refractivity contribution is 7.89. The molecule has 1 aliphatic carbocycles. The third-order valence-electron chi connectivity index (χ3n) is 7.54. The molecule has 39 heavy (non-hydrogen) atoms. The summed E-state index contributed by atoms with van der Waals surface area (Å²) in [5, 5.41) is 3.04. The third-order valence-corrected chi connectivity index (χ3v) is 9.56. The molecule has 11 heteroatoms. The van der Waals surface area contributed by atoms with Crippen molar-refractivity contribution in [3.63, 3.8) is 0 Å². The van der Waals surface area contributed by atoms with E-state index in [1.165, 1.54) is 43.9 Å². The number of carbonyl (C=O) groups excluding carboxylic acids is 1. The average Bonchev–Trinajstić information content (AvgIpc) is 2.85. The second kappa shape index (κ2) is 12.2. The van der Waals surface area contributed by atoms with E-state index >= 15 is 0 Å². The number of aryl methyl sites for hydroxylation is 3. The number of nitrogens with zero attached hydrogens (tertiary/aromatic N) is 1. The standard InChI is InChI=1S/C28H35ClF3N3O3S/c1-18-14-25(19(2)13-23(18)29)39(37,38)34-26(28(30,31)32)16-27(36)33-24-8-6-7-21-15-20(9-10-22(21)24)17-35-11-4-3-5-12-35/h9-10,13-15,24,26,34H,3-8,11-12,16-17H2,1-2H3,(H,33,36)/t24-,26+/m1/s1. The lowest BCUT2D eigenvalue weighted by molar-refractivity contribution is -0.158. The van der Waals surface area contributed by atoms with Crippen LogP contribution in [-0.2, 0) is 27.8 Å². The third kappa shape index (κ3) is 7.54. The average molecular weight is 586 g/mol. The van der Waals surface area contributed by atoms with Gasteiger partial charge in [-0.2, -0.15) is 17.9 Å². The topological polar surface area (TPSA) is 78.5 Å². The number of likely N-dealkylation sites (tertiary alicyclic amines) is 1. The molecule has 1 fully saturated rings. The summed E-state index contributed by atoms with van der Waals surface area (Å²) in [5.41, 5.74) is 3.83. The Kier molecular flexibility index (Phi) is 9.30. The van der Waals surface area contributed by atoms with E-state index < -0.39 is 40.6 Å². The Bertz CT molecular complexity index is 1310. The van der Waals surface area contributed by atoms with Crippen LogP contribution >= 0.6 is 11.6 Å². The monoisotopic (exact) mass is 585 g/mol. The van der Waals surface area contributed by atoms with E-state index in [0.29, 0.717) is 17.0 Å². The van der Waals surface area contributed by atoms with Gasteiger partial charge in [0, 0.05) is 11.6 Å². The number of carbonyl (C=O) groups is 1. The fourth-order valence-electron chi connectivity index (χ4n) is 5.45. The SMILES string of the molecule is Cc1cc(S(=O)(=O)N[C@@H](CC(=O)N[C@@H]2CCCc3cc(CN4CCCCC4)ccc32)C(F)(F)F)c(C)cc1Cl. The summed E-state index contributed by atoms with van der Waals surface area (Å²) in [7, 11) is -4.57. The number of rotatable bonds is 8. The highest BCUT2D eigenvalue weighted by atomic mass is 35.5. The molecule has 0 spiro atoms. The summed E-state index contributed by atoms with van der Waals surface area (Å²) in [6, 6.07) is 5.76. The van der Waals surface area contributed by atoms with Crippen LogP contribution in [0.5, 0.6) is 0 Å². The van der Waals surface area contributed by atoms with Crippen LogP contribution in [0.3, 0.4) is 0 Å². The summed E-state index contributed by atoms with van der Waals surface area (Å²) in [6.45, 7) is 6.04. The zero-order chi connectivity index (χ0) is 28.4. The van der Waals surface area contributed by atoms with Crippen LogP contribution in [0.15, 0.2) is 35.2 Å². The molecule has 2 aliphatic rings. The number of hydrogen-bond donors (Lipinski definition) is 2. The first kappa shape index (κ1) is 29.8. The maximum Gasteiger partial charge on any atom is 0.405 e. The van der Waals surface area contributed by atoms with Crippen LogP contribution < -0.4 is 10.0 Å². The van der Waals surface area contributed by atoms with Crippen molar-refractivity contribution in [2.75, 3.05) is 13.1 Å². The second-order valence-corrected chi connectivity index (χ2v) is 12.8. The molecule has 1 amide bonds. The van der Waals surface area contributed by atoms with Crippen LogP contribution in [-0.4, -0.2) is 44.5 Å². The molecule has 1 saturated heterocycles. The molecule has 0 bridgehead atoms. The molecule has 2 N–H and O–H groups in total. The number of alkyl halides is 3. The molecular formula is C28H35ClF3N3O3S. The minimum Gasteiger partial charge on any atom is -0.349 e. The predicted octanol–water partition coefficient (Wildman–Crippen LogP) is 5.74. The van der Waals surface area contributed by atoms with Crippen molar-refractivity contribution < 1.29 is 26.4 Å². The van der Waals surface area contributed by atoms with E-state index in [2.05, 4.69) is 16.3 Å². The summed E-state index contributed by atoms with van der Waals surface area (Å²) >= 11 is 6.01. The van der Waals surface area contributed by atoms with Gasteiger partial charge in [-0.05, 0) is 99.0 Å². The lowest BCUT2D eigenvalue weighted by atomic mass is 9.86. The fourth-order valence-corrected chi connectivity index (χ4v) is 7.20. The molecule has 0 unspecified atom stereocenters. The van der Waals surface area contributed by atoms with Crippen LogP contribution in [0.4, 0.5) is 13.2 Å². The van der Waals surface area contributed by atoms with E-state index in [1.807, 2.05) is 12.1 Å². The quantitative estimate of drug-likeness (QED) is 0.414. The molecule has 4 rings (SSSR count). The number of amides is 1.